The average Bonchev–Trinajstić information content (AvgIpc) is 2.36. The summed E-state index contributed by atoms with van der Waals surface area (Å²) < 4.78 is 61.8. The minimum Gasteiger partial charge on any atom is -0.330 e. The molecule has 8 heteroatoms. The standard InChI is InChI=1S/C12H23F3N2O2S/c13-12(14,15)7-4-8-20(18,19)17-10-11(9-16)5-2-1-3-6-11/h17H,1-10,16H2. The summed E-state index contributed by atoms with van der Waals surface area (Å²) in [5, 5.41) is 0. The first-order valence-electron chi connectivity index (χ1n) is 6.92. The number of nitrogens with two attached hydrogens (primary N) is 1. The van der Waals surface area contributed by atoms with E-state index in [0.29, 0.717) is 6.54 Å². The molecule has 0 spiro atoms. The molecular weight excluding hydrogens is 293 g/mol. The Morgan fingerprint density at radius 1 is 1.15 bits per heavy atom. The van der Waals surface area contributed by atoms with Crippen molar-refractivity contribution in [2.24, 2.45) is 11.1 Å². The summed E-state index contributed by atoms with van der Waals surface area (Å²) in [5.74, 6) is -0.493. The Bertz CT molecular complexity index is 390. The molecule has 1 fully saturated rings. The monoisotopic (exact) mass is 316 g/mol. The van der Waals surface area contributed by atoms with Crippen molar-refractivity contribution in [1.29, 1.82) is 0 Å². The molecule has 0 unspecified atom stereocenters. The molecule has 1 aliphatic rings. The molecule has 0 aromatic heterocycles. The van der Waals surface area contributed by atoms with E-state index in [9.17, 15) is 21.6 Å². The van der Waals surface area contributed by atoms with Crippen molar-refractivity contribution in [1.82, 2.24) is 4.72 Å². The van der Waals surface area contributed by atoms with Gasteiger partial charge in [0.15, 0.2) is 0 Å². The second-order valence-electron chi connectivity index (χ2n) is 5.62. The third kappa shape index (κ3) is 6.41. The van der Waals surface area contributed by atoms with Crippen LogP contribution in [0.3, 0.4) is 0 Å². The van der Waals surface area contributed by atoms with Gasteiger partial charge in [0.25, 0.3) is 0 Å². The molecular formula is C12H23F3N2O2S. The number of alkyl halides is 3. The highest BCUT2D eigenvalue weighted by molar-refractivity contribution is 7.89. The maximum absolute atomic E-state index is 12.0. The van der Waals surface area contributed by atoms with Crippen LogP contribution in [0.25, 0.3) is 0 Å². The number of nitrogens with one attached hydrogen (secondary N) is 1. The van der Waals surface area contributed by atoms with Crippen molar-refractivity contribution >= 4 is 10.0 Å². The molecule has 3 N–H and O–H groups in total. The van der Waals surface area contributed by atoms with Crippen LogP contribution in [0.1, 0.15) is 44.9 Å². The fraction of sp³-hybridized carbons (Fsp3) is 1.00. The third-order valence-electron chi connectivity index (χ3n) is 3.89. The van der Waals surface area contributed by atoms with E-state index in [1.807, 2.05) is 0 Å². The van der Waals surface area contributed by atoms with Crippen molar-refractivity contribution in [3.63, 3.8) is 0 Å². The Hall–Kier alpha value is -0.340. The first-order chi connectivity index (χ1) is 9.18. The fourth-order valence-electron chi connectivity index (χ4n) is 2.55. The predicted octanol–water partition coefficient (Wildman–Crippen LogP) is 2.16. The number of hydrogen-bond acceptors (Lipinski definition) is 3. The Balaban J connectivity index is 2.41. The van der Waals surface area contributed by atoms with Crippen molar-refractivity contribution < 1.29 is 21.6 Å². The number of halogens is 3. The highest BCUT2D eigenvalue weighted by Crippen LogP contribution is 2.34. The zero-order chi connectivity index (χ0) is 15.3. The van der Waals surface area contributed by atoms with Crippen molar-refractivity contribution in [3.05, 3.63) is 0 Å². The van der Waals surface area contributed by atoms with Gasteiger partial charge < -0.3 is 5.73 Å². The number of rotatable bonds is 7. The summed E-state index contributed by atoms with van der Waals surface area (Å²) in [5.41, 5.74) is 5.51. The van der Waals surface area contributed by atoms with Gasteiger partial charge in [0, 0.05) is 13.0 Å². The van der Waals surface area contributed by atoms with E-state index >= 15 is 0 Å². The summed E-state index contributed by atoms with van der Waals surface area (Å²) in [6.45, 7) is 0.635. The topological polar surface area (TPSA) is 72.2 Å². The Morgan fingerprint density at radius 3 is 2.25 bits per heavy atom. The Kier molecular flexibility index (Phi) is 6.27. The minimum absolute atomic E-state index is 0.227. The van der Waals surface area contributed by atoms with Crippen LogP contribution in [-0.4, -0.2) is 33.4 Å². The summed E-state index contributed by atoms with van der Waals surface area (Å²) >= 11 is 0. The largest absolute Gasteiger partial charge is 0.389 e. The SMILES string of the molecule is NCC1(CNS(=O)(=O)CCCC(F)(F)F)CCCCC1. The molecule has 0 saturated heterocycles. The molecule has 0 amide bonds. The molecule has 1 rings (SSSR count). The highest BCUT2D eigenvalue weighted by atomic mass is 32.2. The van der Waals surface area contributed by atoms with Gasteiger partial charge in [-0.05, 0) is 31.2 Å². The van der Waals surface area contributed by atoms with Crippen LogP contribution in [-0.2, 0) is 10.0 Å². The number of hydrogen-bond donors (Lipinski definition) is 2. The molecule has 0 aromatic rings. The second-order valence-corrected chi connectivity index (χ2v) is 7.55. The van der Waals surface area contributed by atoms with E-state index in [-0.39, 0.29) is 12.0 Å². The van der Waals surface area contributed by atoms with Gasteiger partial charge in [0.1, 0.15) is 0 Å². The van der Waals surface area contributed by atoms with Gasteiger partial charge in [-0.25, -0.2) is 13.1 Å². The van der Waals surface area contributed by atoms with Crippen LogP contribution in [0.4, 0.5) is 13.2 Å². The zero-order valence-electron chi connectivity index (χ0n) is 11.5. The molecule has 4 nitrogen and oxygen atoms in total. The summed E-state index contributed by atoms with van der Waals surface area (Å²) in [7, 11) is -3.66. The van der Waals surface area contributed by atoms with E-state index < -0.39 is 34.8 Å². The quantitative estimate of drug-likeness (QED) is 0.756. The van der Waals surface area contributed by atoms with Crippen LogP contribution < -0.4 is 10.5 Å². The molecule has 1 saturated carbocycles. The minimum atomic E-state index is -4.31. The molecule has 0 heterocycles. The molecule has 0 bridgehead atoms. The van der Waals surface area contributed by atoms with Crippen LogP contribution >= 0.6 is 0 Å². The maximum Gasteiger partial charge on any atom is 0.389 e. The summed E-state index contributed by atoms with van der Waals surface area (Å²) in [4.78, 5) is 0. The Labute approximate surface area is 118 Å². The van der Waals surface area contributed by atoms with E-state index in [2.05, 4.69) is 4.72 Å². The lowest BCUT2D eigenvalue weighted by Gasteiger charge is -2.36. The van der Waals surface area contributed by atoms with Gasteiger partial charge in [0.2, 0.25) is 10.0 Å². The van der Waals surface area contributed by atoms with Gasteiger partial charge in [-0.3, -0.25) is 0 Å². The smallest absolute Gasteiger partial charge is 0.330 e. The highest BCUT2D eigenvalue weighted by Gasteiger charge is 2.32. The van der Waals surface area contributed by atoms with Gasteiger partial charge in [-0.2, -0.15) is 13.2 Å². The molecule has 120 valence electrons. The predicted molar refractivity (Wildman–Crippen MR) is 71.7 cm³/mol. The molecule has 0 aliphatic heterocycles. The lowest BCUT2D eigenvalue weighted by molar-refractivity contribution is -0.134. The average molecular weight is 316 g/mol. The van der Waals surface area contributed by atoms with Gasteiger partial charge in [-0.1, -0.05) is 19.3 Å². The van der Waals surface area contributed by atoms with Crippen LogP contribution in [0, 0.1) is 5.41 Å². The van der Waals surface area contributed by atoms with E-state index in [1.165, 1.54) is 0 Å². The number of sulfonamides is 1. The van der Waals surface area contributed by atoms with Crippen LogP contribution in [0.2, 0.25) is 0 Å². The molecule has 0 atom stereocenters. The molecule has 1 aliphatic carbocycles. The first kappa shape index (κ1) is 17.7. The van der Waals surface area contributed by atoms with E-state index in [4.69, 9.17) is 5.73 Å². The maximum atomic E-state index is 12.0. The van der Waals surface area contributed by atoms with Crippen LogP contribution in [0.15, 0.2) is 0 Å². The normalized spacial score (nSPS) is 20.0. The molecule has 20 heavy (non-hydrogen) atoms. The van der Waals surface area contributed by atoms with E-state index in [1.54, 1.807) is 0 Å². The third-order valence-corrected chi connectivity index (χ3v) is 5.30. The van der Waals surface area contributed by atoms with E-state index in [0.717, 1.165) is 32.1 Å². The lowest BCUT2D eigenvalue weighted by atomic mass is 9.74. The second kappa shape index (κ2) is 7.09. The van der Waals surface area contributed by atoms with Gasteiger partial charge in [-0.15, -0.1) is 0 Å². The van der Waals surface area contributed by atoms with Crippen molar-refractivity contribution in [2.75, 3.05) is 18.8 Å². The fourth-order valence-corrected chi connectivity index (χ4v) is 3.75. The van der Waals surface area contributed by atoms with Gasteiger partial charge >= 0.3 is 6.18 Å². The first-order valence-corrected chi connectivity index (χ1v) is 8.57. The summed E-state index contributed by atoms with van der Waals surface area (Å²) in [6, 6.07) is 0. The summed E-state index contributed by atoms with van der Waals surface area (Å²) in [6.07, 6.45) is -0.884. The van der Waals surface area contributed by atoms with Gasteiger partial charge in [0.05, 0.1) is 5.75 Å². The lowest BCUT2D eigenvalue weighted by Crippen LogP contribution is -2.44. The van der Waals surface area contributed by atoms with Crippen molar-refractivity contribution in [2.45, 2.75) is 51.1 Å². The molecule has 0 radical (unpaired) electrons. The Morgan fingerprint density at radius 2 is 1.75 bits per heavy atom. The van der Waals surface area contributed by atoms with Crippen molar-refractivity contribution in [3.8, 4) is 0 Å². The zero-order valence-corrected chi connectivity index (χ0v) is 12.3. The van der Waals surface area contributed by atoms with Crippen LogP contribution in [0.5, 0.6) is 0 Å². The molecule has 0 aromatic carbocycles.